The summed E-state index contributed by atoms with van der Waals surface area (Å²) < 4.78 is 28.8. The van der Waals surface area contributed by atoms with Gasteiger partial charge in [0.15, 0.2) is 0 Å². The number of rotatable bonds is 8. The molecule has 7 heteroatoms. The number of hydrogen-bond acceptors (Lipinski definition) is 3. The highest BCUT2D eigenvalue weighted by Gasteiger charge is 2.28. The number of carbonyl (C=O) groups excluding carboxylic acids is 1. The molecule has 1 N–H and O–H groups in total. The van der Waals surface area contributed by atoms with E-state index >= 15 is 0 Å². The second-order valence-corrected chi connectivity index (χ2v) is 10.0. The molecule has 0 heterocycles. The lowest BCUT2D eigenvalue weighted by atomic mass is 10.1. The maximum atomic E-state index is 13.7. The number of sulfonamides is 1. The third-order valence-electron chi connectivity index (χ3n) is 5.26. The maximum Gasteiger partial charge on any atom is 0.264 e. The Hall–Kier alpha value is -2.83. The fourth-order valence-corrected chi connectivity index (χ4v) is 4.78. The lowest BCUT2D eigenvalue weighted by Gasteiger charge is -2.27. The molecule has 0 fully saturated rings. The van der Waals surface area contributed by atoms with Crippen molar-refractivity contribution < 1.29 is 13.2 Å². The molecule has 32 heavy (non-hydrogen) atoms. The Morgan fingerprint density at radius 3 is 2.25 bits per heavy atom. The Labute approximate surface area is 195 Å². The number of amides is 1. The van der Waals surface area contributed by atoms with Crippen LogP contribution in [0.1, 0.15) is 41.8 Å². The Morgan fingerprint density at radius 2 is 1.62 bits per heavy atom. The number of para-hydroxylation sites is 1. The first-order valence-electron chi connectivity index (χ1n) is 10.5. The SMILES string of the molecule is CC[C@@H](C)NC(=O)c1ccccc1N(Cc1ccc(Cl)cc1)S(=O)(=O)c1ccc(C)cc1. The molecule has 0 aliphatic heterocycles. The predicted molar refractivity (Wildman–Crippen MR) is 130 cm³/mol. The molecule has 3 aromatic rings. The van der Waals surface area contributed by atoms with E-state index in [0.29, 0.717) is 16.3 Å². The van der Waals surface area contributed by atoms with E-state index in [1.54, 1.807) is 72.8 Å². The number of anilines is 1. The molecule has 5 nitrogen and oxygen atoms in total. The summed E-state index contributed by atoms with van der Waals surface area (Å²) in [5, 5.41) is 3.50. The minimum Gasteiger partial charge on any atom is -0.350 e. The number of nitrogens with zero attached hydrogens (tertiary/aromatic N) is 1. The minimum atomic E-state index is -3.95. The van der Waals surface area contributed by atoms with Crippen LogP contribution in [-0.4, -0.2) is 20.4 Å². The van der Waals surface area contributed by atoms with Gasteiger partial charge in [-0.25, -0.2) is 8.42 Å². The number of nitrogens with one attached hydrogen (secondary N) is 1. The summed E-state index contributed by atoms with van der Waals surface area (Å²) in [6.07, 6.45) is 0.768. The van der Waals surface area contributed by atoms with Gasteiger partial charge in [0.1, 0.15) is 0 Å². The van der Waals surface area contributed by atoms with Gasteiger partial charge in [-0.2, -0.15) is 0 Å². The third-order valence-corrected chi connectivity index (χ3v) is 7.28. The zero-order chi connectivity index (χ0) is 23.3. The van der Waals surface area contributed by atoms with Crippen molar-refractivity contribution in [1.82, 2.24) is 5.32 Å². The molecule has 0 aromatic heterocycles. The molecule has 3 rings (SSSR count). The van der Waals surface area contributed by atoms with Crippen molar-refractivity contribution in [2.24, 2.45) is 0 Å². The summed E-state index contributed by atoms with van der Waals surface area (Å²) in [6, 6.07) is 20.4. The van der Waals surface area contributed by atoms with Crippen LogP contribution >= 0.6 is 11.6 Å². The number of halogens is 1. The molecule has 0 aliphatic carbocycles. The van der Waals surface area contributed by atoms with Gasteiger partial charge in [0.2, 0.25) is 0 Å². The smallest absolute Gasteiger partial charge is 0.264 e. The molecule has 0 saturated heterocycles. The standard InChI is InChI=1S/C25H27ClN2O3S/c1-4-19(3)27-25(29)23-7-5-6-8-24(23)28(17-20-11-13-21(26)14-12-20)32(30,31)22-15-9-18(2)10-16-22/h5-16,19H,4,17H2,1-3H3,(H,27,29)/t19-/m1/s1. The van der Waals surface area contributed by atoms with Gasteiger partial charge < -0.3 is 5.32 Å². The minimum absolute atomic E-state index is 0.0334. The third kappa shape index (κ3) is 5.50. The van der Waals surface area contributed by atoms with Crippen LogP contribution in [0.2, 0.25) is 5.02 Å². The molecule has 0 radical (unpaired) electrons. The van der Waals surface area contributed by atoms with Crippen molar-refractivity contribution in [3.8, 4) is 0 Å². The summed E-state index contributed by atoms with van der Waals surface area (Å²) >= 11 is 6.01. The van der Waals surface area contributed by atoms with Crippen molar-refractivity contribution in [2.45, 2.75) is 44.7 Å². The van der Waals surface area contributed by atoms with Gasteiger partial charge in [-0.05, 0) is 62.2 Å². The predicted octanol–water partition coefficient (Wildman–Crippen LogP) is 5.57. The van der Waals surface area contributed by atoms with E-state index in [1.807, 2.05) is 20.8 Å². The van der Waals surface area contributed by atoms with Crippen LogP contribution in [0.25, 0.3) is 0 Å². The second-order valence-electron chi connectivity index (χ2n) is 7.75. The van der Waals surface area contributed by atoms with E-state index < -0.39 is 10.0 Å². The number of carbonyl (C=O) groups is 1. The van der Waals surface area contributed by atoms with Crippen LogP contribution in [0.15, 0.2) is 77.7 Å². The van der Waals surface area contributed by atoms with Gasteiger partial charge in [-0.15, -0.1) is 0 Å². The quantitative estimate of drug-likeness (QED) is 0.467. The average Bonchev–Trinajstić information content (AvgIpc) is 2.78. The van der Waals surface area contributed by atoms with Gasteiger partial charge >= 0.3 is 0 Å². The van der Waals surface area contributed by atoms with Gasteiger partial charge in [-0.3, -0.25) is 9.10 Å². The van der Waals surface area contributed by atoms with E-state index in [9.17, 15) is 13.2 Å². The zero-order valence-corrected chi connectivity index (χ0v) is 20.0. The molecular weight excluding hydrogens is 444 g/mol. The van der Waals surface area contributed by atoms with Crippen LogP contribution in [0.5, 0.6) is 0 Å². The van der Waals surface area contributed by atoms with Crippen molar-refractivity contribution in [3.63, 3.8) is 0 Å². The molecule has 0 aliphatic rings. The first-order chi connectivity index (χ1) is 15.2. The highest BCUT2D eigenvalue weighted by atomic mass is 35.5. The highest BCUT2D eigenvalue weighted by Crippen LogP contribution is 2.30. The lowest BCUT2D eigenvalue weighted by molar-refractivity contribution is 0.0940. The first-order valence-corrected chi connectivity index (χ1v) is 12.3. The van der Waals surface area contributed by atoms with Crippen LogP contribution in [-0.2, 0) is 16.6 Å². The highest BCUT2D eigenvalue weighted by molar-refractivity contribution is 7.92. The van der Waals surface area contributed by atoms with Crippen LogP contribution in [0, 0.1) is 6.92 Å². The molecule has 0 unspecified atom stereocenters. The van der Waals surface area contributed by atoms with Gasteiger partial charge in [0.25, 0.3) is 15.9 Å². The van der Waals surface area contributed by atoms with E-state index in [1.165, 1.54) is 4.31 Å². The number of benzene rings is 3. The van der Waals surface area contributed by atoms with Crippen molar-refractivity contribution in [1.29, 1.82) is 0 Å². The Bertz CT molecular complexity index is 1180. The van der Waals surface area contributed by atoms with E-state index in [4.69, 9.17) is 11.6 Å². The molecule has 168 valence electrons. The van der Waals surface area contributed by atoms with E-state index in [-0.39, 0.29) is 23.4 Å². The average molecular weight is 471 g/mol. The number of hydrogen-bond donors (Lipinski definition) is 1. The Kier molecular flexibility index (Phi) is 7.59. The van der Waals surface area contributed by atoms with Crippen molar-refractivity contribution in [2.75, 3.05) is 4.31 Å². The molecule has 1 atom stereocenters. The van der Waals surface area contributed by atoms with Gasteiger partial charge in [0.05, 0.1) is 22.7 Å². The van der Waals surface area contributed by atoms with Crippen LogP contribution < -0.4 is 9.62 Å². The van der Waals surface area contributed by atoms with Gasteiger partial charge in [-0.1, -0.05) is 60.5 Å². The molecule has 1 amide bonds. The summed E-state index contributed by atoms with van der Waals surface area (Å²) in [6.45, 7) is 5.85. The largest absolute Gasteiger partial charge is 0.350 e. The van der Waals surface area contributed by atoms with Crippen molar-refractivity contribution >= 4 is 33.2 Å². The fraction of sp³-hybridized carbons (Fsp3) is 0.240. The summed E-state index contributed by atoms with van der Waals surface area (Å²) in [7, 11) is -3.95. The number of aryl methyl sites for hydroxylation is 1. The van der Waals surface area contributed by atoms with Crippen LogP contribution in [0.3, 0.4) is 0 Å². The molecular formula is C25H27ClN2O3S. The topological polar surface area (TPSA) is 66.5 Å². The molecule has 0 saturated carbocycles. The van der Waals surface area contributed by atoms with Crippen molar-refractivity contribution in [3.05, 3.63) is 94.5 Å². The first kappa shape index (κ1) is 23.8. The van der Waals surface area contributed by atoms with E-state index in [2.05, 4.69) is 5.32 Å². The van der Waals surface area contributed by atoms with E-state index in [0.717, 1.165) is 17.5 Å². The zero-order valence-electron chi connectivity index (χ0n) is 18.4. The summed E-state index contributed by atoms with van der Waals surface area (Å²) in [5.41, 5.74) is 2.34. The second kappa shape index (κ2) is 10.2. The Balaban J connectivity index is 2.12. The molecule has 3 aromatic carbocycles. The Morgan fingerprint density at radius 1 is 1.00 bits per heavy atom. The summed E-state index contributed by atoms with van der Waals surface area (Å²) in [5.74, 6) is -0.310. The van der Waals surface area contributed by atoms with Gasteiger partial charge in [0, 0.05) is 11.1 Å². The maximum absolute atomic E-state index is 13.7. The molecule has 0 spiro atoms. The summed E-state index contributed by atoms with van der Waals surface area (Å²) in [4.78, 5) is 13.2. The van der Waals surface area contributed by atoms with Crippen LogP contribution in [0.4, 0.5) is 5.69 Å². The fourth-order valence-electron chi connectivity index (χ4n) is 3.18. The monoisotopic (exact) mass is 470 g/mol. The molecule has 0 bridgehead atoms. The lowest BCUT2D eigenvalue weighted by Crippen LogP contribution is -2.36. The normalized spacial score (nSPS) is 12.2.